The molecule has 0 spiro atoms. The highest BCUT2D eigenvalue weighted by Gasteiger charge is 2.20. The molecular weight excluding hydrogens is 345 g/mol. The molecule has 0 atom stereocenters. The van der Waals surface area contributed by atoms with Gasteiger partial charge in [-0.05, 0) is 43.3 Å². The number of nitrogens with two attached hydrogens (primary N) is 1. The Labute approximate surface area is 156 Å². The number of hydrogen-bond donors (Lipinski definition) is 1. The normalized spacial score (nSPS) is 14.6. The van der Waals surface area contributed by atoms with Crippen molar-refractivity contribution in [1.29, 1.82) is 0 Å². The number of amides is 1. The molecular formula is C20H20FN5O. The summed E-state index contributed by atoms with van der Waals surface area (Å²) in [6.45, 7) is 5.08. The SMILES string of the molecule is Cc1cc(N2CCN(c3ccc(C(N)=O)cn3)CC2)c2cc(F)ccc2n1. The minimum Gasteiger partial charge on any atom is -0.367 e. The highest BCUT2D eigenvalue weighted by molar-refractivity contribution is 5.93. The van der Waals surface area contributed by atoms with Gasteiger partial charge in [0, 0.05) is 49.1 Å². The summed E-state index contributed by atoms with van der Waals surface area (Å²) >= 11 is 0. The number of hydrogen-bond acceptors (Lipinski definition) is 5. The summed E-state index contributed by atoms with van der Waals surface area (Å²) < 4.78 is 13.8. The van der Waals surface area contributed by atoms with Crippen molar-refractivity contribution in [2.75, 3.05) is 36.0 Å². The minimum absolute atomic E-state index is 0.258. The smallest absolute Gasteiger partial charge is 0.250 e. The molecule has 3 aromatic rings. The van der Waals surface area contributed by atoms with E-state index < -0.39 is 5.91 Å². The van der Waals surface area contributed by atoms with Gasteiger partial charge >= 0.3 is 0 Å². The number of fused-ring (bicyclic) bond motifs is 1. The first kappa shape index (κ1) is 17.2. The summed E-state index contributed by atoms with van der Waals surface area (Å²) in [6.07, 6.45) is 1.51. The van der Waals surface area contributed by atoms with Crippen LogP contribution < -0.4 is 15.5 Å². The Bertz CT molecular complexity index is 997. The number of piperazine rings is 1. The molecule has 3 heterocycles. The number of aryl methyl sites for hydroxylation is 1. The van der Waals surface area contributed by atoms with Crippen LogP contribution in [0.25, 0.3) is 10.9 Å². The zero-order valence-electron chi connectivity index (χ0n) is 15.0. The highest BCUT2D eigenvalue weighted by atomic mass is 19.1. The first-order valence-electron chi connectivity index (χ1n) is 8.84. The first-order chi connectivity index (χ1) is 13.0. The van der Waals surface area contributed by atoms with Gasteiger partial charge in [-0.1, -0.05) is 0 Å². The summed E-state index contributed by atoms with van der Waals surface area (Å²) in [5.41, 5.74) is 8.39. The quantitative estimate of drug-likeness (QED) is 0.772. The molecule has 1 aliphatic heterocycles. The maximum Gasteiger partial charge on any atom is 0.250 e. The van der Waals surface area contributed by atoms with E-state index in [0.29, 0.717) is 5.56 Å². The van der Waals surface area contributed by atoms with Crippen LogP contribution in [-0.2, 0) is 0 Å². The summed E-state index contributed by atoms with van der Waals surface area (Å²) in [4.78, 5) is 24.4. The van der Waals surface area contributed by atoms with Crippen LogP contribution in [0.5, 0.6) is 0 Å². The van der Waals surface area contributed by atoms with Gasteiger partial charge in [0.1, 0.15) is 11.6 Å². The molecule has 4 rings (SSSR count). The zero-order valence-corrected chi connectivity index (χ0v) is 15.0. The number of primary amides is 1. The van der Waals surface area contributed by atoms with Crippen molar-refractivity contribution in [2.24, 2.45) is 5.73 Å². The van der Waals surface area contributed by atoms with Gasteiger partial charge in [-0.15, -0.1) is 0 Å². The van der Waals surface area contributed by atoms with Crippen molar-refractivity contribution >= 4 is 28.3 Å². The number of benzene rings is 1. The van der Waals surface area contributed by atoms with E-state index in [4.69, 9.17) is 5.73 Å². The van der Waals surface area contributed by atoms with Gasteiger partial charge in [0.25, 0.3) is 0 Å². The maximum atomic E-state index is 13.8. The first-order valence-corrected chi connectivity index (χ1v) is 8.84. The molecule has 0 bridgehead atoms. The Morgan fingerprint density at radius 1 is 1.07 bits per heavy atom. The van der Waals surface area contributed by atoms with Gasteiger partial charge in [0.05, 0.1) is 11.1 Å². The van der Waals surface area contributed by atoms with Crippen LogP contribution in [0, 0.1) is 12.7 Å². The van der Waals surface area contributed by atoms with Crippen LogP contribution in [0.2, 0.25) is 0 Å². The Morgan fingerprint density at radius 3 is 2.48 bits per heavy atom. The second-order valence-electron chi connectivity index (χ2n) is 6.69. The molecule has 2 aromatic heterocycles. The predicted octanol–water partition coefficient (Wildman–Crippen LogP) is 2.50. The molecule has 6 nitrogen and oxygen atoms in total. The summed E-state index contributed by atoms with van der Waals surface area (Å²) in [5, 5.41) is 0.831. The van der Waals surface area contributed by atoms with Crippen LogP contribution >= 0.6 is 0 Å². The monoisotopic (exact) mass is 365 g/mol. The number of nitrogens with zero attached hydrogens (tertiary/aromatic N) is 4. The molecule has 27 heavy (non-hydrogen) atoms. The van der Waals surface area contributed by atoms with Crippen LogP contribution in [0.3, 0.4) is 0 Å². The fourth-order valence-electron chi connectivity index (χ4n) is 3.47. The van der Waals surface area contributed by atoms with Crippen LogP contribution in [0.15, 0.2) is 42.6 Å². The Hall–Kier alpha value is -3.22. The van der Waals surface area contributed by atoms with E-state index in [1.807, 2.05) is 19.1 Å². The summed E-state index contributed by atoms with van der Waals surface area (Å²) in [6, 6.07) is 10.2. The van der Waals surface area contributed by atoms with Crippen LogP contribution in [0.4, 0.5) is 15.9 Å². The van der Waals surface area contributed by atoms with Gasteiger partial charge in [0.15, 0.2) is 0 Å². The Kier molecular flexibility index (Phi) is 4.35. The number of halogens is 1. The van der Waals surface area contributed by atoms with E-state index in [-0.39, 0.29) is 5.82 Å². The van der Waals surface area contributed by atoms with Gasteiger partial charge in [-0.2, -0.15) is 0 Å². The molecule has 0 unspecified atom stereocenters. The largest absolute Gasteiger partial charge is 0.367 e. The van der Waals surface area contributed by atoms with Crippen molar-refractivity contribution in [3.8, 4) is 0 Å². The van der Waals surface area contributed by atoms with Crippen molar-refractivity contribution in [1.82, 2.24) is 9.97 Å². The van der Waals surface area contributed by atoms with E-state index in [1.165, 1.54) is 12.3 Å². The lowest BCUT2D eigenvalue weighted by molar-refractivity contribution is 0.1000. The number of rotatable bonds is 3. The summed E-state index contributed by atoms with van der Waals surface area (Å²) in [5.74, 6) is 0.0827. The average molecular weight is 365 g/mol. The van der Waals surface area contributed by atoms with E-state index in [0.717, 1.165) is 54.3 Å². The molecule has 138 valence electrons. The molecule has 0 aliphatic carbocycles. The van der Waals surface area contributed by atoms with Gasteiger partial charge < -0.3 is 15.5 Å². The molecule has 1 fully saturated rings. The average Bonchev–Trinajstić information content (AvgIpc) is 2.68. The van der Waals surface area contributed by atoms with Crippen molar-refractivity contribution in [3.63, 3.8) is 0 Å². The standard InChI is InChI=1S/C20H20FN5O/c1-13-10-18(16-11-15(21)3-4-17(16)24-13)25-6-8-26(9-7-25)19-5-2-14(12-23-19)20(22)27/h2-5,10-12H,6-9H2,1H3,(H2,22,27). The molecule has 1 saturated heterocycles. The van der Waals surface area contributed by atoms with Crippen LogP contribution in [-0.4, -0.2) is 42.1 Å². The van der Waals surface area contributed by atoms with Crippen molar-refractivity contribution < 1.29 is 9.18 Å². The number of pyridine rings is 2. The molecule has 0 radical (unpaired) electrons. The lowest BCUT2D eigenvalue weighted by Gasteiger charge is -2.37. The lowest BCUT2D eigenvalue weighted by atomic mass is 10.1. The number of anilines is 2. The van der Waals surface area contributed by atoms with Crippen molar-refractivity contribution in [2.45, 2.75) is 6.92 Å². The fourth-order valence-corrected chi connectivity index (χ4v) is 3.47. The molecule has 7 heteroatoms. The number of carbonyl (C=O) groups excluding carboxylic acids is 1. The fraction of sp³-hybridized carbons (Fsp3) is 0.250. The third-order valence-electron chi connectivity index (χ3n) is 4.85. The number of aromatic nitrogens is 2. The second kappa shape index (κ2) is 6.83. The molecule has 1 aromatic carbocycles. The van der Waals surface area contributed by atoms with Crippen molar-refractivity contribution in [3.05, 3.63) is 59.7 Å². The summed E-state index contributed by atoms with van der Waals surface area (Å²) in [7, 11) is 0. The molecule has 1 aliphatic rings. The third-order valence-corrected chi connectivity index (χ3v) is 4.85. The topological polar surface area (TPSA) is 75.3 Å². The van der Waals surface area contributed by atoms with Gasteiger partial charge in [-0.25, -0.2) is 9.37 Å². The van der Waals surface area contributed by atoms with Crippen LogP contribution in [0.1, 0.15) is 16.1 Å². The molecule has 2 N–H and O–H groups in total. The third kappa shape index (κ3) is 3.40. The highest BCUT2D eigenvalue weighted by Crippen LogP contribution is 2.29. The number of carbonyl (C=O) groups is 1. The maximum absolute atomic E-state index is 13.8. The van der Waals surface area contributed by atoms with Gasteiger partial charge in [0.2, 0.25) is 5.91 Å². The second-order valence-corrected chi connectivity index (χ2v) is 6.69. The molecule has 0 saturated carbocycles. The van der Waals surface area contributed by atoms with E-state index in [2.05, 4.69) is 19.8 Å². The van der Waals surface area contributed by atoms with E-state index >= 15 is 0 Å². The van der Waals surface area contributed by atoms with E-state index in [9.17, 15) is 9.18 Å². The van der Waals surface area contributed by atoms with E-state index in [1.54, 1.807) is 18.2 Å². The Morgan fingerprint density at radius 2 is 1.81 bits per heavy atom. The predicted molar refractivity (Wildman–Crippen MR) is 104 cm³/mol. The van der Waals surface area contributed by atoms with Gasteiger partial charge in [-0.3, -0.25) is 9.78 Å². The Balaban J connectivity index is 1.55. The lowest BCUT2D eigenvalue weighted by Crippen LogP contribution is -2.47. The molecule has 1 amide bonds. The minimum atomic E-state index is -0.481. The zero-order chi connectivity index (χ0) is 19.0.